The lowest BCUT2D eigenvalue weighted by Crippen LogP contribution is -2.46. The fourth-order valence-corrected chi connectivity index (χ4v) is 8.83. The number of nitrogens with zero attached hydrogens (tertiary/aromatic N) is 1. The van der Waals surface area contributed by atoms with Gasteiger partial charge in [0.2, 0.25) is 15.9 Å². The first-order valence-corrected chi connectivity index (χ1v) is 12.3. The number of rotatable bonds is 4. The summed E-state index contributed by atoms with van der Waals surface area (Å²) in [5, 5.41) is 0. The molecule has 4 atom stereocenters. The van der Waals surface area contributed by atoms with E-state index in [1.165, 1.54) is 4.31 Å². The smallest absolute Gasteiger partial charge is 0.239 e. The minimum absolute atomic E-state index is 0.0143. The molecular formula is C21H35NO5S. The van der Waals surface area contributed by atoms with Crippen LogP contribution >= 0.6 is 0 Å². The first kappa shape index (κ1) is 20.6. The third-order valence-electron chi connectivity index (χ3n) is 8.21. The normalized spacial score (nSPS) is 39.1. The van der Waals surface area contributed by atoms with Crippen molar-refractivity contribution >= 4 is 15.9 Å². The Balaban J connectivity index is 1.43. The molecule has 0 radical (unpaired) electrons. The average Bonchev–Trinajstić information content (AvgIpc) is 3.07. The molecule has 0 aromatic heterocycles. The summed E-state index contributed by atoms with van der Waals surface area (Å²) in [7, 11) is -3.54. The molecule has 7 heteroatoms. The molecule has 4 rings (SSSR count). The number of hydrogen-bond donors (Lipinski definition) is 0. The van der Waals surface area contributed by atoms with Crippen molar-refractivity contribution in [2.75, 3.05) is 19.0 Å². The van der Waals surface area contributed by atoms with E-state index in [4.69, 9.17) is 9.47 Å². The van der Waals surface area contributed by atoms with Gasteiger partial charge >= 0.3 is 0 Å². The molecule has 28 heavy (non-hydrogen) atoms. The lowest BCUT2D eigenvalue weighted by atomic mass is 9.69. The lowest BCUT2D eigenvalue weighted by Gasteiger charge is -2.37. The fraction of sp³-hybridized carbons (Fsp3) is 0.952. The highest BCUT2D eigenvalue weighted by Gasteiger charge is 2.72. The van der Waals surface area contributed by atoms with Crippen LogP contribution in [0.4, 0.5) is 0 Å². The summed E-state index contributed by atoms with van der Waals surface area (Å²) in [6.07, 6.45) is 3.72. The summed E-state index contributed by atoms with van der Waals surface area (Å²) < 4.78 is 38.9. The maximum absolute atomic E-state index is 13.2. The largest absolute Gasteiger partial charge is 0.352 e. The minimum atomic E-state index is -3.54. The summed E-state index contributed by atoms with van der Waals surface area (Å²) in [5.41, 5.74) is -0.253. The predicted octanol–water partition coefficient (Wildman–Crippen LogP) is 3.17. The van der Waals surface area contributed by atoms with E-state index in [1.807, 2.05) is 6.92 Å². The number of ether oxygens (including phenoxy) is 2. The van der Waals surface area contributed by atoms with E-state index in [9.17, 15) is 13.2 Å². The molecule has 0 unspecified atom stereocenters. The number of hydrogen-bond acceptors (Lipinski definition) is 5. The van der Waals surface area contributed by atoms with Gasteiger partial charge in [0.15, 0.2) is 6.29 Å². The van der Waals surface area contributed by atoms with Crippen LogP contribution in [0.25, 0.3) is 0 Å². The van der Waals surface area contributed by atoms with Gasteiger partial charge in [-0.05, 0) is 43.4 Å². The maximum atomic E-state index is 13.2. The topological polar surface area (TPSA) is 72.9 Å². The van der Waals surface area contributed by atoms with Crippen molar-refractivity contribution in [1.29, 1.82) is 0 Å². The second-order valence-electron chi connectivity index (χ2n) is 10.9. The van der Waals surface area contributed by atoms with Gasteiger partial charge in [-0.3, -0.25) is 4.79 Å². The molecule has 2 bridgehead atoms. The van der Waals surface area contributed by atoms with Crippen LogP contribution in [0, 0.1) is 28.1 Å². The first-order valence-electron chi connectivity index (χ1n) is 10.7. The molecule has 2 aliphatic heterocycles. The maximum Gasteiger partial charge on any atom is 0.239 e. The Bertz CT molecular complexity index is 751. The van der Waals surface area contributed by atoms with E-state index in [0.29, 0.717) is 32.0 Å². The first-order chi connectivity index (χ1) is 12.9. The second kappa shape index (κ2) is 6.42. The Labute approximate surface area is 169 Å². The van der Waals surface area contributed by atoms with Gasteiger partial charge in [0.1, 0.15) is 0 Å². The quantitative estimate of drug-likeness (QED) is 0.708. The van der Waals surface area contributed by atoms with E-state index in [0.717, 1.165) is 19.3 Å². The number of fused-ring (bicyclic) bond motifs is 1. The van der Waals surface area contributed by atoms with Gasteiger partial charge in [0.05, 0.1) is 25.0 Å². The third kappa shape index (κ3) is 2.95. The second-order valence-corrected chi connectivity index (χ2v) is 12.8. The number of sulfonamides is 1. The van der Waals surface area contributed by atoms with E-state index in [-0.39, 0.29) is 46.2 Å². The van der Waals surface area contributed by atoms with Crippen LogP contribution in [0.5, 0.6) is 0 Å². The molecule has 2 saturated heterocycles. The number of amides is 1. The highest BCUT2D eigenvalue weighted by Crippen LogP contribution is 2.70. The highest BCUT2D eigenvalue weighted by atomic mass is 32.2. The van der Waals surface area contributed by atoms with Crippen LogP contribution < -0.4 is 0 Å². The molecule has 0 aromatic rings. The van der Waals surface area contributed by atoms with Crippen LogP contribution in [0.1, 0.15) is 66.7 Å². The molecule has 0 aromatic carbocycles. The highest BCUT2D eigenvalue weighted by molar-refractivity contribution is 7.90. The van der Waals surface area contributed by atoms with Crippen molar-refractivity contribution in [2.24, 2.45) is 28.1 Å². The van der Waals surface area contributed by atoms with E-state index >= 15 is 0 Å². The van der Waals surface area contributed by atoms with Crippen LogP contribution in [-0.4, -0.2) is 49.9 Å². The van der Waals surface area contributed by atoms with Gasteiger partial charge < -0.3 is 9.47 Å². The Morgan fingerprint density at radius 1 is 1.18 bits per heavy atom. The van der Waals surface area contributed by atoms with E-state index in [2.05, 4.69) is 27.7 Å². The monoisotopic (exact) mass is 413 g/mol. The van der Waals surface area contributed by atoms with E-state index in [1.54, 1.807) is 0 Å². The van der Waals surface area contributed by atoms with Crippen molar-refractivity contribution in [1.82, 2.24) is 4.31 Å². The lowest BCUT2D eigenvalue weighted by molar-refractivity contribution is -0.224. The Kier molecular flexibility index (Phi) is 4.72. The average molecular weight is 414 g/mol. The molecule has 1 spiro atoms. The Morgan fingerprint density at radius 3 is 2.43 bits per heavy atom. The van der Waals surface area contributed by atoms with Crippen LogP contribution in [0.2, 0.25) is 0 Å². The fourth-order valence-electron chi connectivity index (χ4n) is 6.20. The molecule has 160 valence electrons. The van der Waals surface area contributed by atoms with Crippen molar-refractivity contribution in [3.63, 3.8) is 0 Å². The number of carbonyl (C=O) groups excluding carboxylic acids is 1. The van der Waals surface area contributed by atoms with Crippen molar-refractivity contribution < 1.29 is 22.7 Å². The van der Waals surface area contributed by atoms with Gasteiger partial charge in [0, 0.05) is 16.7 Å². The summed E-state index contributed by atoms with van der Waals surface area (Å²) in [6.45, 7) is 11.7. The Morgan fingerprint density at radius 2 is 1.82 bits per heavy atom. The van der Waals surface area contributed by atoms with Gasteiger partial charge in [0.25, 0.3) is 0 Å². The predicted molar refractivity (Wildman–Crippen MR) is 106 cm³/mol. The standard InChI is InChI=1S/C21H35NO5S/c1-14(6-7-17-26-11-19(2,3)12-27-17)18(23)22-16-10-15-8-9-21(16,20(15,4)5)13-28(22,24)25/h14-17H,6-13H2,1-5H3/t14-,15-,16-,21-/m0/s1. The molecule has 2 heterocycles. The SMILES string of the molecule is C[C@@H](CCC1OCC(C)(C)CO1)C(=O)N1[C@H]2C[C@@H]3CC[C@@]2(CS1(=O)=O)C3(C)C. The van der Waals surface area contributed by atoms with Gasteiger partial charge in [-0.25, -0.2) is 12.7 Å². The molecule has 4 fully saturated rings. The zero-order valence-corrected chi connectivity index (χ0v) is 18.7. The molecule has 2 aliphatic carbocycles. The van der Waals surface area contributed by atoms with Crippen LogP contribution in [0.15, 0.2) is 0 Å². The molecule has 0 N–H and O–H groups in total. The molecule has 1 amide bonds. The van der Waals surface area contributed by atoms with Gasteiger partial charge in [-0.2, -0.15) is 0 Å². The summed E-state index contributed by atoms with van der Waals surface area (Å²) in [4.78, 5) is 13.2. The van der Waals surface area contributed by atoms with Gasteiger partial charge in [-0.15, -0.1) is 0 Å². The molecule has 6 nitrogen and oxygen atoms in total. The van der Waals surface area contributed by atoms with E-state index < -0.39 is 10.0 Å². The zero-order valence-electron chi connectivity index (χ0n) is 17.9. The van der Waals surface area contributed by atoms with Crippen molar-refractivity contribution in [3.8, 4) is 0 Å². The molecule has 2 saturated carbocycles. The molecular weight excluding hydrogens is 378 g/mol. The van der Waals surface area contributed by atoms with Gasteiger partial charge in [-0.1, -0.05) is 34.6 Å². The van der Waals surface area contributed by atoms with Crippen molar-refractivity contribution in [3.05, 3.63) is 0 Å². The summed E-state index contributed by atoms with van der Waals surface area (Å²) in [6, 6.07) is -0.149. The van der Waals surface area contributed by atoms with Crippen LogP contribution in [-0.2, 0) is 24.3 Å². The third-order valence-corrected chi connectivity index (χ3v) is 10.1. The van der Waals surface area contributed by atoms with Crippen LogP contribution in [0.3, 0.4) is 0 Å². The zero-order chi connectivity index (χ0) is 20.5. The summed E-state index contributed by atoms with van der Waals surface area (Å²) in [5.74, 6) is 0.0676. The Hall–Kier alpha value is -0.660. The summed E-state index contributed by atoms with van der Waals surface area (Å²) >= 11 is 0. The minimum Gasteiger partial charge on any atom is -0.352 e. The van der Waals surface area contributed by atoms with Crippen molar-refractivity contribution in [2.45, 2.75) is 79.1 Å². The molecule has 4 aliphatic rings. The number of carbonyl (C=O) groups is 1.